The van der Waals surface area contributed by atoms with Crippen LogP contribution in [0.15, 0.2) is 24.8 Å². The van der Waals surface area contributed by atoms with Crippen LogP contribution in [0.1, 0.15) is 15.4 Å². The van der Waals surface area contributed by atoms with Gasteiger partial charge in [-0.05, 0) is 24.6 Å². The van der Waals surface area contributed by atoms with Gasteiger partial charge in [0.25, 0.3) is 0 Å². The second-order valence-corrected chi connectivity index (χ2v) is 6.85. The maximum absolute atomic E-state index is 12.1. The van der Waals surface area contributed by atoms with E-state index in [0.29, 0.717) is 43.9 Å². The number of anilines is 2. The first kappa shape index (κ1) is 19.8. The maximum atomic E-state index is 12.1. The number of methoxy groups -OCH3 is 2. The van der Waals surface area contributed by atoms with Gasteiger partial charge >= 0.3 is 5.97 Å². The average molecular weight is 421 g/mol. The van der Waals surface area contributed by atoms with Gasteiger partial charge in [-0.15, -0.1) is 0 Å². The molecule has 146 valence electrons. The van der Waals surface area contributed by atoms with Gasteiger partial charge in [0.1, 0.15) is 17.3 Å². The number of carbonyl (C=O) groups excluding carboxylic acids is 1. The highest BCUT2D eigenvalue weighted by molar-refractivity contribution is 7.17. The standard InChI is InChI=1S/C18H17ClN4O4S/c1-5-6-27-16(24)14-9(2)20-18(28-14)23-15-10-7-12(25-3)13(26-4)8-11(10)21-17(19)22-15/h5,7-8H,1,6H2,2-4H3,(H,20,21,22,23). The molecule has 3 aromatic rings. The normalized spacial score (nSPS) is 10.6. The van der Waals surface area contributed by atoms with E-state index in [1.54, 1.807) is 26.2 Å². The summed E-state index contributed by atoms with van der Waals surface area (Å²) >= 11 is 7.22. The first-order chi connectivity index (χ1) is 13.5. The smallest absolute Gasteiger partial charge is 0.350 e. The Bertz CT molecular complexity index is 1050. The second kappa shape index (κ2) is 8.41. The Kier molecular flexibility index (Phi) is 5.96. The number of nitrogens with one attached hydrogen (secondary N) is 1. The van der Waals surface area contributed by atoms with Gasteiger partial charge in [0, 0.05) is 11.5 Å². The second-order valence-electron chi connectivity index (χ2n) is 5.51. The monoisotopic (exact) mass is 420 g/mol. The Hall–Kier alpha value is -2.91. The summed E-state index contributed by atoms with van der Waals surface area (Å²) in [5.41, 5.74) is 1.12. The van der Waals surface area contributed by atoms with Crippen LogP contribution >= 0.6 is 22.9 Å². The van der Waals surface area contributed by atoms with Crippen LogP contribution in [0.5, 0.6) is 11.5 Å². The van der Waals surface area contributed by atoms with Crippen molar-refractivity contribution in [3.8, 4) is 11.5 Å². The highest BCUT2D eigenvalue weighted by atomic mass is 35.5. The topological polar surface area (TPSA) is 95.5 Å². The lowest BCUT2D eigenvalue weighted by atomic mass is 10.2. The van der Waals surface area contributed by atoms with Crippen molar-refractivity contribution < 1.29 is 19.0 Å². The van der Waals surface area contributed by atoms with Crippen LogP contribution in [0.2, 0.25) is 5.28 Å². The van der Waals surface area contributed by atoms with E-state index in [1.165, 1.54) is 13.2 Å². The number of aryl methyl sites for hydroxylation is 1. The van der Waals surface area contributed by atoms with Crippen molar-refractivity contribution in [2.75, 3.05) is 26.1 Å². The summed E-state index contributed by atoms with van der Waals surface area (Å²) in [5.74, 6) is 1.01. The largest absolute Gasteiger partial charge is 0.493 e. The molecule has 2 heterocycles. The molecule has 0 aliphatic carbocycles. The summed E-state index contributed by atoms with van der Waals surface area (Å²) in [6, 6.07) is 3.45. The first-order valence-corrected chi connectivity index (χ1v) is 9.28. The molecule has 8 nitrogen and oxygen atoms in total. The highest BCUT2D eigenvalue weighted by Gasteiger charge is 2.18. The van der Waals surface area contributed by atoms with Crippen LogP contribution in [0.4, 0.5) is 10.9 Å². The number of rotatable bonds is 7. The Morgan fingerprint density at radius 3 is 2.64 bits per heavy atom. The lowest BCUT2D eigenvalue weighted by Crippen LogP contribution is -2.04. The highest BCUT2D eigenvalue weighted by Crippen LogP contribution is 2.36. The van der Waals surface area contributed by atoms with E-state index in [0.717, 1.165) is 11.3 Å². The summed E-state index contributed by atoms with van der Waals surface area (Å²) in [5, 5.41) is 4.28. The first-order valence-electron chi connectivity index (χ1n) is 8.08. The molecule has 0 aliphatic rings. The molecule has 1 aromatic carbocycles. The Balaban J connectivity index is 2.00. The number of halogens is 1. The third-order valence-electron chi connectivity index (χ3n) is 3.71. The summed E-state index contributed by atoms with van der Waals surface area (Å²) in [6.45, 7) is 5.38. The molecule has 0 spiro atoms. The zero-order chi connectivity index (χ0) is 20.3. The summed E-state index contributed by atoms with van der Waals surface area (Å²) in [6.07, 6.45) is 1.50. The van der Waals surface area contributed by atoms with Crippen LogP contribution in [-0.2, 0) is 4.74 Å². The zero-order valence-electron chi connectivity index (χ0n) is 15.4. The van der Waals surface area contributed by atoms with Crippen LogP contribution in [0, 0.1) is 6.92 Å². The quantitative estimate of drug-likeness (QED) is 0.346. The SMILES string of the molecule is C=CCOC(=O)c1sc(Nc2nc(Cl)nc3cc(OC)c(OC)cc23)nc1C. The summed E-state index contributed by atoms with van der Waals surface area (Å²) in [7, 11) is 3.08. The Morgan fingerprint density at radius 1 is 1.25 bits per heavy atom. The van der Waals surface area contributed by atoms with Gasteiger partial charge < -0.3 is 19.5 Å². The van der Waals surface area contributed by atoms with E-state index >= 15 is 0 Å². The molecule has 0 aliphatic heterocycles. The number of hydrogen-bond acceptors (Lipinski definition) is 9. The molecule has 28 heavy (non-hydrogen) atoms. The van der Waals surface area contributed by atoms with Crippen molar-refractivity contribution in [3.63, 3.8) is 0 Å². The number of benzene rings is 1. The van der Waals surface area contributed by atoms with E-state index in [1.807, 2.05) is 0 Å². The van der Waals surface area contributed by atoms with Gasteiger partial charge in [-0.1, -0.05) is 24.0 Å². The van der Waals surface area contributed by atoms with Gasteiger partial charge in [-0.2, -0.15) is 4.98 Å². The number of ether oxygens (including phenoxy) is 3. The van der Waals surface area contributed by atoms with Crippen molar-refractivity contribution in [2.24, 2.45) is 0 Å². The average Bonchev–Trinajstić information content (AvgIpc) is 3.05. The number of thiazole rings is 1. The zero-order valence-corrected chi connectivity index (χ0v) is 17.0. The lowest BCUT2D eigenvalue weighted by Gasteiger charge is -2.11. The Morgan fingerprint density at radius 2 is 1.96 bits per heavy atom. The lowest BCUT2D eigenvalue weighted by molar-refractivity contribution is 0.0554. The minimum absolute atomic E-state index is 0.0566. The van der Waals surface area contributed by atoms with Crippen molar-refractivity contribution >= 4 is 50.8 Å². The molecule has 0 radical (unpaired) electrons. The van der Waals surface area contributed by atoms with E-state index in [4.69, 9.17) is 25.8 Å². The minimum atomic E-state index is -0.458. The molecule has 0 fully saturated rings. The Labute approximate surface area is 170 Å². The van der Waals surface area contributed by atoms with E-state index in [-0.39, 0.29) is 11.9 Å². The molecule has 2 aromatic heterocycles. The number of esters is 1. The predicted octanol–water partition coefficient (Wildman–Crippen LogP) is 4.15. The number of aromatic nitrogens is 3. The summed E-state index contributed by atoms with van der Waals surface area (Å²) < 4.78 is 15.7. The van der Waals surface area contributed by atoms with Crippen molar-refractivity contribution in [1.29, 1.82) is 0 Å². The van der Waals surface area contributed by atoms with Gasteiger partial charge in [-0.25, -0.2) is 14.8 Å². The van der Waals surface area contributed by atoms with Crippen LogP contribution < -0.4 is 14.8 Å². The molecule has 10 heteroatoms. The molecule has 0 atom stereocenters. The maximum Gasteiger partial charge on any atom is 0.350 e. The van der Waals surface area contributed by atoms with Crippen molar-refractivity contribution in [1.82, 2.24) is 15.0 Å². The van der Waals surface area contributed by atoms with Crippen LogP contribution in [0.3, 0.4) is 0 Å². The third-order valence-corrected chi connectivity index (χ3v) is 4.94. The molecule has 0 bridgehead atoms. The minimum Gasteiger partial charge on any atom is -0.493 e. The molecule has 3 rings (SSSR count). The fourth-order valence-corrected chi connectivity index (χ4v) is 3.50. The van der Waals surface area contributed by atoms with Gasteiger partial charge in [0.05, 0.1) is 25.4 Å². The molecule has 0 unspecified atom stereocenters. The molecule has 1 N–H and O–H groups in total. The van der Waals surface area contributed by atoms with Gasteiger partial charge in [-0.3, -0.25) is 0 Å². The molecular formula is C18H17ClN4O4S. The van der Waals surface area contributed by atoms with Gasteiger partial charge in [0.15, 0.2) is 16.6 Å². The van der Waals surface area contributed by atoms with Crippen molar-refractivity contribution in [3.05, 3.63) is 40.6 Å². The van der Waals surface area contributed by atoms with Crippen LogP contribution in [-0.4, -0.2) is 41.7 Å². The molecule has 0 saturated carbocycles. The molecule has 0 saturated heterocycles. The number of hydrogen-bond donors (Lipinski definition) is 1. The summed E-state index contributed by atoms with van der Waals surface area (Å²) in [4.78, 5) is 25.3. The fraction of sp³-hybridized carbons (Fsp3) is 0.222. The van der Waals surface area contributed by atoms with Crippen molar-refractivity contribution in [2.45, 2.75) is 6.92 Å². The van der Waals surface area contributed by atoms with E-state index in [9.17, 15) is 4.79 Å². The van der Waals surface area contributed by atoms with Crippen LogP contribution in [0.25, 0.3) is 10.9 Å². The predicted molar refractivity (Wildman–Crippen MR) is 108 cm³/mol. The molecular weight excluding hydrogens is 404 g/mol. The fourth-order valence-electron chi connectivity index (χ4n) is 2.46. The molecule has 0 amide bonds. The number of nitrogens with zero attached hydrogens (tertiary/aromatic N) is 3. The van der Waals surface area contributed by atoms with E-state index in [2.05, 4.69) is 26.8 Å². The van der Waals surface area contributed by atoms with E-state index < -0.39 is 5.97 Å². The third kappa shape index (κ3) is 4.00. The number of fused-ring (bicyclic) bond motifs is 1. The van der Waals surface area contributed by atoms with Gasteiger partial charge in [0.2, 0.25) is 5.28 Å². The number of carbonyl (C=O) groups is 1.